The quantitative estimate of drug-likeness (QED) is 0.0415. The Morgan fingerprint density at radius 2 is 1.88 bits per heavy atom. The van der Waals surface area contributed by atoms with E-state index in [4.69, 9.17) is 29.5 Å². The molecule has 22 heteroatoms. The van der Waals surface area contributed by atoms with E-state index < -0.39 is 54.2 Å². The average molecular weight is 705 g/mol. The second-order valence-electron chi connectivity index (χ2n) is 11.2. The fourth-order valence-electron chi connectivity index (χ4n) is 5.41. The first-order chi connectivity index (χ1) is 19.9. The monoisotopic (exact) mass is 705 g/mol. The zero-order valence-corrected chi connectivity index (χ0v) is 27.6. The molecule has 1 saturated carbocycles. The summed E-state index contributed by atoms with van der Waals surface area (Å²) >= 11 is 0. The zero-order valence-electron chi connectivity index (χ0n) is 23.3. The van der Waals surface area contributed by atoms with Crippen LogP contribution < -0.4 is 11.4 Å². The molecular formula is C21H35BN3O13P3S2. The summed E-state index contributed by atoms with van der Waals surface area (Å²) in [6, 6.07) is 1.39. The van der Waals surface area contributed by atoms with E-state index in [0.717, 1.165) is 30.0 Å². The molecule has 1 saturated heterocycles. The smallest absolute Gasteiger partial charge is 0.383 e. The molecule has 4 rings (SSSR count). The van der Waals surface area contributed by atoms with E-state index in [9.17, 15) is 28.3 Å². The van der Waals surface area contributed by atoms with E-state index in [1.165, 1.54) is 35.9 Å². The van der Waals surface area contributed by atoms with Gasteiger partial charge in [-0.3, -0.25) is 9.09 Å². The molecule has 0 aromatic carbocycles. The molecule has 6 unspecified atom stereocenters. The number of fused-ring (bicyclic) bond motifs is 2. The maximum atomic E-state index is 12.4. The van der Waals surface area contributed by atoms with Gasteiger partial charge in [0.2, 0.25) is 0 Å². The molecule has 8 atom stereocenters. The van der Waals surface area contributed by atoms with Gasteiger partial charge < -0.3 is 34.8 Å². The van der Waals surface area contributed by atoms with Gasteiger partial charge in [-0.1, -0.05) is 53.9 Å². The van der Waals surface area contributed by atoms with Crippen LogP contribution in [0.1, 0.15) is 39.3 Å². The Morgan fingerprint density at radius 1 is 1.14 bits per heavy atom. The van der Waals surface area contributed by atoms with Crippen LogP contribution in [0, 0.1) is 17.8 Å². The van der Waals surface area contributed by atoms with Crippen LogP contribution in [0.3, 0.4) is 0 Å². The predicted octanol–water partition coefficient (Wildman–Crippen LogP) is 2.98. The van der Waals surface area contributed by atoms with Crippen LogP contribution in [0.5, 0.6) is 0 Å². The fourth-order valence-corrected chi connectivity index (χ4v) is 10.8. The number of phosphoric acid groups is 3. The summed E-state index contributed by atoms with van der Waals surface area (Å²) in [5, 5.41) is 0. The summed E-state index contributed by atoms with van der Waals surface area (Å²) in [7, 11) is -12.4. The molecule has 2 aliphatic carbocycles. The third kappa shape index (κ3) is 10.8. The van der Waals surface area contributed by atoms with E-state index >= 15 is 0 Å². The van der Waals surface area contributed by atoms with Crippen molar-refractivity contribution in [2.24, 2.45) is 17.8 Å². The number of anilines is 1. The third-order valence-electron chi connectivity index (χ3n) is 7.31. The Hall–Kier alpha value is -0.485. The molecule has 0 amide bonds. The lowest BCUT2D eigenvalue weighted by Gasteiger charge is -2.26. The van der Waals surface area contributed by atoms with Crippen LogP contribution in [-0.2, 0) is 36.3 Å². The molecule has 43 heavy (non-hydrogen) atoms. The number of ether oxygens (including phenoxy) is 2. The average Bonchev–Trinajstić information content (AvgIpc) is 3.58. The van der Waals surface area contributed by atoms with Gasteiger partial charge in [0.05, 0.1) is 12.7 Å². The molecule has 1 aromatic rings. The predicted molar refractivity (Wildman–Crippen MR) is 161 cm³/mol. The topological polar surface area (TPSA) is 239 Å². The molecule has 2 heterocycles. The third-order valence-corrected chi connectivity index (χ3v) is 14.1. The minimum Gasteiger partial charge on any atom is -0.383 e. The number of aromatic nitrogens is 2. The maximum Gasteiger partial charge on any atom is 0.490 e. The van der Waals surface area contributed by atoms with Crippen molar-refractivity contribution in [1.29, 1.82) is 0 Å². The Bertz CT molecular complexity index is 1380. The summed E-state index contributed by atoms with van der Waals surface area (Å²) in [5.74, 6) is 2.36. The summed E-state index contributed by atoms with van der Waals surface area (Å²) in [5.41, 5.74) is 4.86. The molecule has 2 bridgehead atoms. The highest BCUT2D eigenvalue weighted by Crippen LogP contribution is 2.66. The van der Waals surface area contributed by atoms with Crippen molar-refractivity contribution in [2.75, 3.05) is 18.3 Å². The highest BCUT2D eigenvalue weighted by atomic mass is 33.1. The lowest BCUT2D eigenvalue weighted by atomic mass is 9.58. The zero-order chi connectivity index (χ0) is 31.6. The van der Waals surface area contributed by atoms with Crippen LogP contribution in [0.15, 0.2) is 29.2 Å². The molecule has 6 N–H and O–H groups in total. The van der Waals surface area contributed by atoms with Gasteiger partial charge in [-0.15, -0.1) is 0 Å². The largest absolute Gasteiger partial charge is 0.490 e. The summed E-state index contributed by atoms with van der Waals surface area (Å²) in [4.78, 5) is 52.7. The molecule has 0 radical (unpaired) electrons. The minimum atomic E-state index is -5.69. The highest BCUT2D eigenvalue weighted by Gasteiger charge is 2.44. The van der Waals surface area contributed by atoms with E-state index in [2.05, 4.69) is 39.6 Å². The standard InChI is InChI=1S/C21H35BN3O13P3S2/c1-21(2,22-10-15-8-13-3-4-14(15)7-13)43-42-12-34-16-9-19(25-6-5-18(23)24-20(25)26)36-17(16)11-35-40(30,31)38-41(32,33)37-39(27,28)29/h3-6,13-17,19,22H,7-12H2,1-2H3,(H,30,31)(H,32,33)(H2,23,24,26)(H2,27,28,29)/t13?,14?,15?,16-,17?,19-/m1/s1. The Morgan fingerprint density at radius 3 is 2.51 bits per heavy atom. The minimum absolute atomic E-state index is 0.00388. The first-order valence-corrected chi connectivity index (χ1v) is 20.1. The number of nitrogens with two attached hydrogens (primary N) is 1. The number of hydrogen-bond donors (Lipinski definition) is 5. The Labute approximate surface area is 256 Å². The van der Waals surface area contributed by atoms with Crippen molar-refractivity contribution in [3.63, 3.8) is 0 Å². The SMILES string of the molecule is CC(C)(BCC1CC2C=CC1C2)SSCO[C@@H]1C[C@H](n2ccc(N)nc2=O)OC1COP(=O)(O)OP(=O)(O)OP(=O)(O)O. The van der Waals surface area contributed by atoms with Gasteiger partial charge in [0.15, 0.2) is 0 Å². The summed E-state index contributed by atoms with van der Waals surface area (Å²) in [6.07, 6.45) is 7.11. The molecule has 0 spiro atoms. The van der Waals surface area contributed by atoms with Crippen LogP contribution in [-0.4, -0.2) is 65.8 Å². The number of hydrogen-bond acceptors (Lipinski definition) is 13. The van der Waals surface area contributed by atoms with E-state index in [1.54, 1.807) is 10.8 Å². The number of nitrogens with zero attached hydrogens (tertiary/aromatic N) is 2. The second kappa shape index (κ2) is 14.1. The van der Waals surface area contributed by atoms with Crippen molar-refractivity contribution >= 4 is 58.2 Å². The second-order valence-corrected chi connectivity index (χ2v) is 18.5. The normalized spacial score (nSPS) is 29.9. The van der Waals surface area contributed by atoms with Gasteiger partial charge in [0.1, 0.15) is 31.4 Å². The van der Waals surface area contributed by atoms with E-state index in [-0.39, 0.29) is 22.8 Å². The molecular weight excluding hydrogens is 670 g/mol. The fraction of sp³-hybridized carbons (Fsp3) is 0.714. The maximum absolute atomic E-state index is 12.4. The van der Waals surface area contributed by atoms with Crippen LogP contribution in [0.4, 0.5) is 5.82 Å². The lowest BCUT2D eigenvalue weighted by molar-refractivity contribution is -0.0542. The molecule has 3 aliphatic rings. The first-order valence-electron chi connectivity index (χ1n) is 13.3. The number of rotatable bonds is 16. The number of phosphoric ester groups is 1. The van der Waals surface area contributed by atoms with Crippen LogP contribution >= 0.6 is 45.1 Å². The number of allylic oxidation sites excluding steroid dienone is 2. The van der Waals surface area contributed by atoms with Crippen LogP contribution in [0.2, 0.25) is 6.32 Å². The van der Waals surface area contributed by atoms with Gasteiger partial charge in [0.25, 0.3) is 0 Å². The summed E-state index contributed by atoms with van der Waals surface area (Å²) < 4.78 is 60.0. The van der Waals surface area contributed by atoms with Crippen molar-refractivity contribution in [3.8, 4) is 0 Å². The van der Waals surface area contributed by atoms with Crippen molar-refractivity contribution in [2.45, 2.75) is 62.5 Å². The Kier molecular flexibility index (Phi) is 11.6. The summed E-state index contributed by atoms with van der Waals surface area (Å²) in [6.45, 7) is 3.63. The van der Waals surface area contributed by atoms with Gasteiger partial charge >= 0.3 is 29.2 Å². The van der Waals surface area contributed by atoms with Gasteiger partial charge in [-0.2, -0.15) is 13.6 Å². The Balaban J connectivity index is 1.32. The van der Waals surface area contributed by atoms with Crippen LogP contribution in [0.25, 0.3) is 0 Å². The molecule has 2 fully saturated rings. The molecule has 16 nitrogen and oxygen atoms in total. The number of nitrogen functional groups attached to an aromatic ring is 1. The van der Waals surface area contributed by atoms with Crippen molar-refractivity contribution in [1.82, 2.24) is 9.55 Å². The molecule has 242 valence electrons. The van der Waals surface area contributed by atoms with E-state index in [1.807, 2.05) is 0 Å². The van der Waals surface area contributed by atoms with Gasteiger partial charge in [0, 0.05) is 12.6 Å². The molecule has 1 aromatic heterocycles. The van der Waals surface area contributed by atoms with Crippen molar-refractivity contribution in [3.05, 3.63) is 34.9 Å². The van der Waals surface area contributed by atoms with Gasteiger partial charge in [-0.25, -0.2) is 18.5 Å². The first kappa shape index (κ1) is 35.4. The molecule has 1 aliphatic heterocycles. The van der Waals surface area contributed by atoms with Gasteiger partial charge in [-0.05, 0) is 41.3 Å². The highest BCUT2D eigenvalue weighted by molar-refractivity contribution is 8.77. The van der Waals surface area contributed by atoms with Crippen molar-refractivity contribution < 1.29 is 55.9 Å². The van der Waals surface area contributed by atoms with E-state index in [0.29, 0.717) is 5.92 Å². The lowest BCUT2D eigenvalue weighted by Crippen LogP contribution is -2.29.